The molecule has 2 aromatic rings. The lowest BCUT2D eigenvalue weighted by Gasteiger charge is -2.29. The summed E-state index contributed by atoms with van der Waals surface area (Å²) in [5.41, 5.74) is 0.923. The molecule has 6 nitrogen and oxygen atoms in total. The lowest BCUT2D eigenvalue weighted by molar-refractivity contribution is -0.124. The van der Waals surface area contributed by atoms with Crippen LogP contribution in [0, 0.1) is 22.5 Å². The maximum Gasteiger partial charge on any atom is 0.272 e. The summed E-state index contributed by atoms with van der Waals surface area (Å²) in [5, 5.41) is 5.44. The van der Waals surface area contributed by atoms with Gasteiger partial charge in [0.1, 0.15) is 17.6 Å². The van der Waals surface area contributed by atoms with Gasteiger partial charge < -0.3 is 15.2 Å². The van der Waals surface area contributed by atoms with Gasteiger partial charge in [-0.05, 0) is 48.3 Å². The number of imidazole rings is 1. The fourth-order valence-electron chi connectivity index (χ4n) is 4.03. The van der Waals surface area contributed by atoms with Gasteiger partial charge >= 0.3 is 0 Å². The number of aromatic nitrogens is 2. The zero-order valence-electron chi connectivity index (χ0n) is 19.6. The van der Waals surface area contributed by atoms with E-state index in [2.05, 4.69) is 29.5 Å². The molecule has 0 aliphatic carbocycles. The van der Waals surface area contributed by atoms with Crippen molar-refractivity contribution in [1.29, 1.82) is 0 Å². The Hall–Kier alpha value is -2.77. The summed E-state index contributed by atoms with van der Waals surface area (Å²) in [4.78, 5) is 30.3. The summed E-state index contributed by atoms with van der Waals surface area (Å²) in [6.45, 7) is 10.6. The zero-order chi connectivity index (χ0) is 23.8. The number of fused-ring (bicyclic) bond motifs is 1. The lowest BCUT2D eigenvalue weighted by Crippen LogP contribution is -2.53. The van der Waals surface area contributed by atoms with Crippen molar-refractivity contribution in [2.75, 3.05) is 7.05 Å². The van der Waals surface area contributed by atoms with Crippen LogP contribution in [0.3, 0.4) is 0 Å². The van der Waals surface area contributed by atoms with Crippen molar-refractivity contribution in [3.8, 4) is 11.4 Å². The Bertz CT molecular complexity index is 1040. The van der Waals surface area contributed by atoms with E-state index in [1.807, 2.05) is 25.3 Å². The molecular weight excluding hydrogens is 414 g/mol. The van der Waals surface area contributed by atoms with Crippen molar-refractivity contribution >= 4 is 11.8 Å². The smallest absolute Gasteiger partial charge is 0.272 e. The molecule has 0 bridgehead atoms. The molecule has 0 saturated heterocycles. The molecule has 0 saturated carbocycles. The predicted octanol–water partition coefficient (Wildman–Crippen LogP) is 4.08. The first kappa shape index (κ1) is 23.9. The molecule has 174 valence electrons. The number of likely N-dealkylation sites (N-methyl/N-ethyl adjacent to an activating group) is 1. The number of hydrogen-bond donors (Lipinski definition) is 2. The molecule has 0 radical (unpaired) electrons. The number of nitrogens with one attached hydrogen (secondary N) is 2. The Balaban J connectivity index is 2.08. The second kappa shape index (κ2) is 8.64. The highest BCUT2D eigenvalue weighted by Crippen LogP contribution is 2.35. The summed E-state index contributed by atoms with van der Waals surface area (Å²) in [5.74, 6) is -2.22. The summed E-state index contributed by atoms with van der Waals surface area (Å²) in [6.07, 6.45) is 2.33. The lowest BCUT2D eigenvalue weighted by atomic mass is 9.84. The number of amides is 2. The van der Waals surface area contributed by atoms with Gasteiger partial charge in [0.05, 0.1) is 5.69 Å². The second-order valence-corrected chi connectivity index (χ2v) is 10.3. The maximum absolute atomic E-state index is 14.0. The third-order valence-electron chi connectivity index (χ3n) is 6.17. The van der Waals surface area contributed by atoms with E-state index < -0.39 is 29.0 Å². The predicted molar refractivity (Wildman–Crippen MR) is 119 cm³/mol. The summed E-state index contributed by atoms with van der Waals surface area (Å²) < 4.78 is 29.4. The van der Waals surface area contributed by atoms with Crippen LogP contribution in [0.5, 0.6) is 0 Å². The van der Waals surface area contributed by atoms with E-state index in [9.17, 15) is 18.4 Å². The molecule has 1 aromatic heterocycles. The van der Waals surface area contributed by atoms with Crippen molar-refractivity contribution in [3.05, 3.63) is 41.2 Å². The fraction of sp³-hybridized carbons (Fsp3) is 0.542. The SMILES string of the molecule is CNC(=O)C(NC(=O)c1nc(-c2ccc(F)c(F)c2)n2c1CCC(C)(C)CC2)C(C)(C)C. The third kappa shape index (κ3) is 4.84. The Morgan fingerprint density at radius 2 is 1.84 bits per heavy atom. The van der Waals surface area contributed by atoms with Crippen LogP contribution < -0.4 is 10.6 Å². The van der Waals surface area contributed by atoms with Crippen molar-refractivity contribution in [1.82, 2.24) is 20.2 Å². The van der Waals surface area contributed by atoms with E-state index in [-0.39, 0.29) is 17.0 Å². The Labute approximate surface area is 187 Å². The van der Waals surface area contributed by atoms with E-state index in [0.29, 0.717) is 24.4 Å². The van der Waals surface area contributed by atoms with Crippen LogP contribution >= 0.6 is 0 Å². The van der Waals surface area contributed by atoms with E-state index in [1.165, 1.54) is 13.1 Å². The van der Waals surface area contributed by atoms with Crippen molar-refractivity contribution in [2.24, 2.45) is 10.8 Å². The standard InChI is InChI=1S/C24H32F2N4O2/c1-23(2,3)19(22(32)27-6)29-21(31)18-17-9-10-24(4,5)11-12-30(17)20(28-18)14-7-8-15(25)16(26)13-14/h7-8,13,19H,9-12H2,1-6H3,(H,27,32)(H,29,31). The number of rotatable bonds is 4. The molecule has 1 aliphatic heterocycles. The summed E-state index contributed by atoms with van der Waals surface area (Å²) in [7, 11) is 1.53. The Morgan fingerprint density at radius 1 is 1.16 bits per heavy atom. The average Bonchev–Trinajstić information content (AvgIpc) is 3.00. The van der Waals surface area contributed by atoms with Gasteiger partial charge in [0.15, 0.2) is 11.6 Å². The normalized spacial score (nSPS) is 16.6. The quantitative estimate of drug-likeness (QED) is 0.743. The minimum Gasteiger partial charge on any atom is -0.357 e. The van der Waals surface area contributed by atoms with Gasteiger partial charge in [-0.3, -0.25) is 9.59 Å². The number of hydrogen-bond acceptors (Lipinski definition) is 3. The van der Waals surface area contributed by atoms with Crippen LogP contribution in [-0.2, 0) is 17.8 Å². The molecule has 8 heteroatoms. The number of carbonyl (C=O) groups is 2. The Morgan fingerprint density at radius 3 is 2.44 bits per heavy atom. The van der Waals surface area contributed by atoms with E-state index >= 15 is 0 Å². The van der Waals surface area contributed by atoms with Gasteiger partial charge in [-0.25, -0.2) is 13.8 Å². The first-order valence-corrected chi connectivity index (χ1v) is 10.9. The van der Waals surface area contributed by atoms with Gasteiger partial charge in [-0.2, -0.15) is 0 Å². The molecule has 1 aliphatic rings. The van der Waals surface area contributed by atoms with Crippen LogP contribution in [0.1, 0.15) is 63.6 Å². The maximum atomic E-state index is 14.0. The molecule has 2 N–H and O–H groups in total. The highest BCUT2D eigenvalue weighted by Gasteiger charge is 2.35. The van der Waals surface area contributed by atoms with Crippen LogP contribution in [0.4, 0.5) is 8.78 Å². The highest BCUT2D eigenvalue weighted by molar-refractivity contribution is 5.97. The number of halogens is 2. The van der Waals surface area contributed by atoms with Gasteiger partial charge in [-0.1, -0.05) is 34.6 Å². The van der Waals surface area contributed by atoms with E-state index in [0.717, 1.165) is 30.7 Å². The van der Waals surface area contributed by atoms with Gasteiger partial charge in [0.25, 0.3) is 5.91 Å². The molecule has 1 unspecified atom stereocenters. The molecule has 2 amide bonds. The second-order valence-electron chi connectivity index (χ2n) is 10.3. The van der Waals surface area contributed by atoms with Crippen molar-refractivity contribution in [3.63, 3.8) is 0 Å². The monoisotopic (exact) mass is 446 g/mol. The fourth-order valence-corrected chi connectivity index (χ4v) is 4.03. The van der Waals surface area contributed by atoms with Gasteiger partial charge in [0.2, 0.25) is 5.91 Å². The molecule has 2 heterocycles. The van der Waals surface area contributed by atoms with Crippen molar-refractivity contribution in [2.45, 2.75) is 66.5 Å². The topological polar surface area (TPSA) is 76.0 Å². The van der Waals surface area contributed by atoms with Crippen LogP contribution in [0.25, 0.3) is 11.4 Å². The zero-order valence-corrected chi connectivity index (χ0v) is 19.6. The van der Waals surface area contributed by atoms with Gasteiger partial charge in [0, 0.05) is 19.2 Å². The Kier molecular flexibility index (Phi) is 6.45. The molecule has 1 atom stereocenters. The summed E-state index contributed by atoms with van der Waals surface area (Å²) >= 11 is 0. The molecule has 32 heavy (non-hydrogen) atoms. The molecule has 1 aromatic carbocycles. The van der Waals surface area contributed by atoms with E-state index in [4.69, 9.17) is 0 Å². The molecular formula is C24H32F2N4O2. The number of carbonyl (C=O) groups excluding carboxylic acids is 2. The van der Waals surface area contributed by atoms with E-state index in [1.54, 1.807) is 0 Å². The average molecular weight is 447 g/mol. The minimum absolute atomic E-state index is 0.0636. The number of nitrogens with zero attached hydrogens (tertiary/aromatic N) is 2. The van der Waals surface area contributed by atoms with Gasteiger partial charge in [-0.15, -0.1) is 0 Å². The first-order valence-electron chi connectivity index (χ1n) is 10.9. The molecule has 3 rings (SSSR count). The molecule has 0 spiro atoms. The minimum atomic E-state index is -0.966. The largest absolute Gasteiger partial charge is 0.357 e. The first-order chi connectivity index (χ1) is 14.8. The van der Waals surface area contributed by atoms with Crippen LogP contribution in [0.15, 0.2) is 18.2 Å². The van der Waals surface area contributed by atoms with Crippen LogP contribution in [0.2, 0.25) is 0 Å². The number of benzene rings is 1. The highest BCUT2D eigenvalue weighted by atomic mass is 19.2. The van der Waals surface area contributed by atoms with Crippen LogP contribution in [-0.4, -0.2) is 34.5 Å². The molecule has 0 fully saturated rings. The van der Waals surface area contributed by atoms with Crippen molar-refractivity contribution < 1.29 is 18.4 Å². The summed E-state index contributed by atoms with van der Waals surface area (Å²) in [6, 6.07) is 2.87. The third-order valence-corrected chi connectivity index (χ3v) is 6.17.